The molecule has 0 aliphatic carbocycles. The minimum atomic E-state index is 0.00282. The van der Waals surface area contributed by atoms with E-state index in [4.69, 9.17) is 23.7 Å². The summed E-state index contributed by atoms with van der Waals surface area (Å²) in [5.74, 6) is 4.62. The summed E-state index contributed by atoms with van der Waals surface area (Å²) in [6.45, 7) is 27.5. The number of hydrogen-bond donors (Lipinski definition) is 0. The van der Waals surface area contributed by atoms with E-state index in [9.17, 15) is 19.2 Å². The molecule has 11 nitrogen and oxygen atoms in total. The third-order valence-electron chi connectivity index (χ3n) is 27.0. The number of nitrogens with zero attached hydrogens (tertiary/aromatic N) is 2. The standard InChI is InChI=1S/C106H206N2O9/c1-11-18-47-67-97(68-48-19-12-2)82-90-116-103(109)79-58-43-35-29-33-41-56-74-100(93-113-87-65-83-107(9)10)75-57-42-34-30-36-44-59-80-104(110)117-94-102(101(77-52-23-16-6)78-53-24-17-7)95(8)66-64-76-99(73-51-22-15-5)92-106(112)115-89-63-46-38-28-26-32-40-55-70-96(81-86-108-84-60-61-85-108)69-54-39-31-25-27-37-45-62-88-114-105(111)91-98(71-49-20-13-3)72-50-21-14-4/h95-102H,11-94H2,1-10H3. The van der Waals surface area contributed by atoms with E-state index in [1.165, 1.54) is 386 Å². The number of carbonyl (C=O) groups is 4. The molecule has 0 aromatic heterocycles. The Morgan fingerprint density at radius 2 is 0.598 bits per heavy atom. The molecule has 0 radical (unpaired) electrons. The van der Waals surface area contributed by atoms with Crippen molar-refractivity contribution in [3.63, 3.8) is 0 Å². The van der Waals surface area contributed by atoms with E-state index < -0.39 is 0 Å². The SMILES string of the molecule is CCCCCC(CCCCC)CCOC(=O)CCCCCCCCCC(CCCCCCCCCC(=O)OCC(C(C)CCCC(CCCCC)CC(=O)OCCCCCCCCCCC(CCCCCCCCCCOC(=O)CC(CCCCC)CCCCC)CCN1CCCC1)C(CCCCC)CCCCC)COCCCN(C)C. The Morgan fingerprint density at radius 1 is 0.282 bits per heavy atom. The van der Waals surface area contributed by atoms with Gasteiger partial charge in [0.2, 0.25) is 0 Å². The molecular formula is C106H206N2O9. The van der Waals surface area contributed by atoms with Gasteiger partial charge in [-0.25, -0.2) is 0 Å². The van der Waals surface area contributed by atoms with Gasteiger partial charge in [0.1, 0.15) is 0 Å². The average Bonchev–Trinajstić information content (AvgIpc) is 1.34. The molecule has 0 amide bonds. The zero-order chi connectivity index (χ0) is 85.0. The van der Waals surface area contributed by atoms with Crippen LogP contribution in [0.4, 0.5) is 0 Å². The van der Waals surface area contributed by atoms with Crippen molar-refractivity contribution in [2.75, 3.05) is 79.9 Å². The van der Waals surface area contributed by atoms with Gasteiger partial charge in [-0.15, -0.1) is 0 Å². The normalized spacial score (nSPS) is 14.0. The van der Waals surface area contributed by atoms with Gasteiger partial charge in [-0.3, -0.25) is 19.2 Å². The number of hydrogen-bond acceptors (Lipinski definition) is 11. The molecule has 1 aliphatic heterocycles. The minimum Gasteiger partial charge on any atom is -0.466 e. The van der Waals surface area contributed by atoms with Crippen LogP contribution in [-0.4, -0.2) is 114 Å². The molecule has 1 rings (SSSR count). The second-order valence-corrected chi connectivity index (χ2v) is 38.5. The van der Waals surface area contributed by atoms with Crippen molar-refractivity contribution in [2.45, 2.75) is 531 Å². The number of ether oxygens (including phenoxy) is 5. The molecule has 117 heavy (non-hydrogen) atoms. The highest BCUT2D eigenvalue weighted by molar-refractivity contribution is 5.70. The third kappa shape index (κ3) is 74.9. The van der Waals surface area contributed by atoms with Gasteiger partial charge in [-0.1, -0.05) is 409 Å². The molecule has 11 heteroatoms. The van der Waals surface area contributed by atoms with Crippen LogP contribution >= 0.6 is 0 Å². The van der Waals surface area contributed by atoms with E-state index >= 15 is 0 Å². The van der Waals surface area contributed by atoms with Gasteiger partial charge in [0.05, 0.1) is 26.4 Å². The molecule has 694 valence electrons. The highest BCUT2D eigenvalue weighted by Gasteiger charge is 2.29. The summed E-state index contributed by atoms with van der Waals surface area (Å²) in [6.07, 6.45) is 89.2. The molecule has 1 heterocycles. The lowest BCUT2D eigenvalue weighted by molar-refractivity contribution is -0.147. The number of rotatable bonds is 94. The smallest absolute Gasteiger partial charge is 0.306 e. The Bertz CT molecular complexity index is 2050. The fraction of sp³-hybridized carbons (Fsp3) is 0.962. The van der Waals surface area contributed by atoms with Crippen LogP contribution in [0.5, 0.6) is 0 Å². The van der Waals surface area contributed by atoms with E-state index in [0.29, 0.717) is 93.5 Å². The maximum Gasteiger partial charge on any atom is 0.306 e. The first-order valence-electron chi connectivity index (χ1n) is 52.9. The van der Waals surface area contributed by atoms with E-state index in [2.05, 4.69) is 79.3 Å². The first kappa shape index (κ1) is 113. The molecule has 0 spiro atoms. The van der Waals surface area contributed by atoms with Crippen molar-refractivity contribution in [2.24, 2.45) is 47.3 Å². The molecule has 1 fully saturated rings. The minimum absolute atomic E-state index is 0.00282. The van der Waals surface area contributed by atoms with Crippen LogP contribution in [0.2, 0.25) is 0 Å². The van der Waals surface area contributed by atoms with Crippen LogP contribution in [0.25, 0.3) is 0 Å². The van der Waals surface area contributed by atoms with E-state index in [1.807, 2.05) is 0 Å². The van der Waals surface area contributed by atoms with Crippen molar-refractivity contribution < 1.29 is 42.9 Å². The zero-order valence-electron chi connectivity index (χ0n) is 80.6. The highest BCUT2D eigenvalue weighted by atomic mass is 16.5. The molecule has 0 aromatic rings. The highest BCUT2D eigenvalue weighted by Crippen LogP contribution is 2.36. The average molecular weight is 1650 g/mol. The fourth-order valence-electron chi connectivity index (χ4n) is 19.0. The first-order chi connectivity index (χ1) is 57.3. The van der Waals surface area contributed by atoms with Crippen LogP contribution in [-0.2, 0) is 42.9 Å². The predicted octanol–water partition coefficient (Wildman–Crippen LogP) is 32.0. The van der Waals surface area contributed by atoms with Gasteiger partial charge in [-0.05, 0) is 184 Å². The summed E-state index contributed by atoms with van der Waals surface area (Å²) in [7, 11) is 4.29. The molecule has 0 bridgehead atoms. The largest absolute Gasteiger partial charge is 0.466 e. The molecule has 5 atom stereocenters. The lowest BCUT2D eigenvalue weighted by atomic mass is 9.75. The summed E-state index contributed by atoms with van der Waals surface area (Å²) in [5, 5.41) is 0. The Labute approximate surface area is 730 Å². The number of carbonyl (C=O) groups excluding carboxylic acids is 4. The lowest BCUT2D eigenvalue weighted by Crippen LogP contribution is -2.28. The van der Waals surface area contributed by atoms with Crippen LogP contribution < -0.4 is 0 Å². The monoisotopic (exact) mass is 1650 g/mol. The van der Waals surface area contributed by atoms with Gasteiger partial charge < -0.3 is 33.5 Å². The molecule has 5 unspecified atom stereocenters. The molecule has 1 aliphatic rings. The number of unbranched alkanes of at least 4 members (excludes halogenated alkanes) is 40. The summed E-state index contributed by atoms with van der Waals surface area (Å²) >= 11 is 0. The second kappa shape index (κ2) is 87.2. The van der Waals surface area contributed by atoms with Crippen LogP contribution in [0, 0.1) is 47.3 Å². The van der Waals surface area contributed by atoms with Crippen LogP contribution in [0.1, 0.15) is 531 Å². The second-order valence-electron chi connectivity index (χ2n) is 38.5. The quantitative estimate of drug-likeness (QED) is 0.0329. The molecule has 1 saturated heterocycles. The van der Waals surface area contributed by atoms with Gasteiger partial charge in [0, 0.05) is 38.9 Å². The Balaban J connectivity index is 2.50. The number of esters is 4. The van der Waals surface area contributed by atoms with Crippen molar-refractivity contribution in [1.29, 1.82) is 0 Å². The number of likely N-dealkylation sites (tertiary alicyclic amines) is 1. The molecular weight excluding hydrogens is 1450 g/mol. The van der Waals surface area contributed by atoms with E-state index in [-0.39, 0.29) is 23.9 Å². The first-order valence-corrected chi connectivity index (χ1v) is 52.9. The Kier molecular flexibility index (Phi) is 84.1. The van der Waals surface area contributed by atoms with Gasteiger partial charge in [0.25, 0.3) is 0 Å². The van der Waals surface area contributed by atoms with E-state index in [0.717, 1.165) is 109 Å². The topological polar surface area (TPSA) is 121 Å². The summed E-state index contributed by atoms with van der Waals surface area (Å²) < 4.78 is 30.0. The zero-order valence-corrected chi connectivity index (χ0v) is 80.6. The maximum absolute atomic E-state index is 13.6. The lowest BCUT2D eigenvalue weighted by Gasteiger charge is -2.32. The summed E-state index contributed by atoms with van der Waals surface area (Å²) in [6, 6.07) is 0. The summed E-state index contributed by atoms with van der Waals surface area (Å²) in [5.41, 5.74) is 0. The van der Waals surface area contributed by atoms with Crippen molar-refractivity contribution in [3.05, 3.63) is 0 Å². The Hall–Kier alpha value is -2.24. The summed E-state index contributed by atoms with van der Waals surface area (Å²) in [4.78, 5) is 57.2. The van der Waals surface area contributed by atoms with Crippen molar-refractivity contribution in [1.82, 2.24) is 9.80 Å². The molecule has 0 aromatic carbocycles. The predicted molar refractivity (Wildman–Crippen MR) is 505 cm³/mol. The van der Waals surface area contributed by atoms with Crippen molar-refractivity contribution in [3.8, 4) is 0 Å². The van der Waals surface area contributed by atoms with Gasteiger partial charge >= 0.3 is 23.9 Å². The van der Waals surface area contributed by atoms with Crippen molar-refractivity contribution >= 4 is 23.9 Å². The molecule has 0 saturated carbocycles. The third-order valence-corrected chi connectivity index (χ3v) is 27.0. The Morgan fingerprint density at radius 3 is 0.991 bits per heavy atom. The maximum atomic E-state index is 13.6. The van der Waals surface area contributed by atoms with E-state index in [1.54, 1.807) is 0 Å². The van der Waals surface area contributed by atoms with Gasteiger partial charge in [-0.2, -0.15) is 0 Å². The fourth-order valence-corrected chi connectivity index (χ4v) is 19.0. The van der Waals surface area contributed by atoms with Gasteiger partial charge in [0.15, 0.2) is 0 Å². The van der Waals surface area contributed by atoms with Crippen LogP contribution in [0.3, 0.4) is 0 Å². The molecule has 0 N–H and O–H groups in total. The van der Waals surface area contributed by atoms with Crippen LogP contribution in [0.15, 0.2) is 0 Å².